The van der Waals surface area contributed by atoms with E-state index in [4.69, 9.17) is 5.11 Å². The number of benzene rings is 1. The van der Waals surface area contributed by atoms with E-state index in [1.807, 2.05) is 18.2 Å². The molecule has 182 valence electrons. The smallest absolute Gasteiger partial charge is 0.325 e. The Bertz CT molecular complexity index is 862. The van der Waals surface area contributed by atoms with Crippen molar-refractivity contribution in [1.29, 1.82) is 0 Å². The zero-order chi connectivity index (χ0) is 23.9. The van der Waals surface area contributed by atoms with Gasteiger partial charge in [0.1, 0.15) is 11.8 Å². The molecule has 0 amide bonds. The fourth-order valence-corrected chi connectivity index (χ4v) is 5.58. The molecule has 0 fully saturated rings. The number of hydrogen-bond donors (Lipinski definition) is 2. The topological polar surface area (TPSA) is 118 Å². The lowest BCUT2D eigenvalue weighted by Crippen LogP contribution is -2.14. The van der Waals surface area contributed by atoms with Crippen LogP contribution in [0.15, 0.2) is 34.3 Å². The number of rotatable bonds is 18. The third-order valence-corrected chi connectivity index (χ3v) is 7.56. The first-order valence-electron chi connectivity index (χ1n) is 11.6. The largest absolute Gasteiger partial charge is 0.480 e. The molecular weight excluding hydrogens is 460 g/mol. The minimum atomic E-state index is -1.09. The van der Waals surface area contributed by atoms with Crippen molar-refractivity contribution in [2.24, 2.45) is 0 Å². The van der Waals surface area contributed by atoms with Crippen molar-refractivity contribution in [3.05, 3.63) is 29.8 Å². The Morgan fingerprint density at radius 2 is 1.61 bits per heavy atom. The first-order valence-corrected chi connectivity index (χ1v) is 13.5. The summed E-state index contributed by atoms with van der Waals surface area (Å²) >= 11 is 2.62. The van der Waals surface area contributed by atoms with E-state index in [1.165, 1.54) is 57.8 Å². The molecule has 1 heterocycles. The molecule has 1 aromatic carbocycles. The number of carbonyl (C=O) groups is 2. The van der Waals surface area contributed by atoms with Gasteiger partial charge in [-0.1, -0.05) is 94.7 Å². The Hall–Kier alpha value is -2.07. The zero-order valence-electron chi connectivity index (χ0n) is 19.2. The molecule has 2 rings (SSSR count). The average Bonchev–Trinajstić information content (AvgIpc) is 3.22. The van der Waals surface area contributed by atoms with Gasteiger partial charge < -0.3 is 10.2 Å². The molecule has 0 aliphatic carbocycles. The van der Waals surface area contributed by atoms with E-state index in [-0.39, 0.29) is 5.16 Å². The van der Waals surface area contributed by atoms with Crippen LogP contribution >= 0.6 is 23.5 Å². The lowest BCUT2D eigenvalue weighted by atomic mass is 10.1. The number of aromatic nitrogens is 4. The van der Waals surface area contributed by atoms with Gasteiger partial charge in [0.25, 0.3) is 0 Å². The molecule has 2 N–H and O–H groups in total. The third-order valence-electron chi connectivity index (χ3n) is 5.19. The molecule has 33 heavy (non-hydrogen) atoms. The van der Waals surface area contributed by atoms with E-state index in [9.17, 15) is 14.7 Å². The summed E-state index contributed by atoms with van der Waals surface area (Å²) in [6, 6.07) is 7.46. The van der Waals surface area contributed by atoms with Gasteiger partial charge in [0.15, 0.2) is 0 Å². The number of carboxylic acid groups (broad SMARTS) is 2. The molecule has 0 saturated carbocycles. The molecule has 0 aliphatic heterocycles. The van der Waals surface area contributed by atoms with Gasteiger partial charge in [0, 0.05) is 4.90 Å². The lowest BCUT2D eigenvalue weighted by Gasteiger charge is -2.15. The molecule has 0 bridgehead atoms. The molecule has 1 atom stereocenters. The van der Waals surface area contributed by atoms with Crippen molar-refractivity contribution in [2.75, 3.05) is 5.75 Å². The first kappa shape index (κ1) is 27.2. The van der Waals surface area contributed by atoms with Crippen LogP contribution in [-0.4, -0.2) is 48.1 Å². The normalized spacial score (nSPS) is 12.0. The highest BCUT2D eigenvalue weighted by Crippen LogP contribution is 2.39. The van der Waals surface area contributed by atoms with Crippen LogP contribution in [0.5, 0.6) is 0 Å². The van der Waals surface area contributed by atoms with Crippen molar-refractivity contribution in [3.63, 3.8) is 0 Å². The van der Waals surface area contributed by atoms with E-state index in [0.29, 0.717) is 5.56 Å². The van der Waals surface area contributed by atoms with Crippen LogP contribution in [0, 0.1) is 0 Å². The van der Waals surface area contributed by atoms with Crippen molar-refractivity contribution >= 4 is 35.5 Å². The maximum Gasteiger partial charge on any atom is 0.325 e. The molecular formula is C23H34N4O4S2. The van der Waals surface area contributed by atoms with Crippen molar-refractivity contribution < 1.29 is 19.8 Å². The zero-order valence-corrected chi connectivity index (χ0v) is 20.8. The van der Waals surface area contributed by atoms with Crippen LogP contribution in [0.4, 0.5) is 0 Å². The lowest BCUT2D eigenvalue weighted by molar-refractivity contribution is -0.138. The van der Waals surface area contributed by atoms with Crippen LogP contribution < -0.4 is 0 Å². The summed E-state index contributed by atoms with van der Waals surface area (Å²) in [7, 11) is 0. The molecule has 0 saturated heterocycles. The predicted octanol–water partition coefficient (Wildman–Crippen LogP) is 5.69. The number of thioether (sulfide) groups is 2. The third kappa shape index (κ3) is 10.2. The number of aliphatic carboxylic acids is 2. The van der Waals surface area contributed by atoms with Gasteiger partial charge in [-0.2, -0.15) is 0 Å². The van der Waals surface area contributed by atoms with Crippen molar-refractivity contribution in [2.45, 2.75) is 93.0 Å². The second kappa shape index (κ2) is 15.7. The minimum absolute atomic E-state index is 0.166. The van der Waals surface area contributed by atoms with Crippen LogP contribution in [-0.2, 0) is 16.1 Å². The van der Waals surface area contributed by atoms with Crippen LogP contribution in [0.2, 0.25) is 0 Å². The second-order valence-electron chi connectivity index (χ2n) is 7.92. The van der Waals surface area contributed by atoms with Gasteiger partial charge in [0.05, 0.1) is 0 Å². The molecule has 10 heteroatoms. The number of nitrogens with zero attached hydrogens (tertiary/aromatic N) is 4. The van der Waals surface area contributed by atoms with Gasteiger partial charge in [-0.05, 0) is 34.2 Å². The predicted molar refractivity (Wildman–Crippen MR) is 131 cm³/mol. The second-order valence-corrected chi connectivity index (χ2v) is 10.1. The highest BCUT2D eigenvalue weighted by atomic mass is 32.2. The van der Waals surface area contributed by atoms with Crippen LogP contribution in [0.1, 0.15) is 81.9 Å². The van der Waals surface area contributed by atoms with Crippen LogP contribution in [0.25, 0.3) is 0 Å². The summed E-state index contributed by atoms with van der Waals surface area (Å²) < 4.78 is 1.10. The van der Waals surface area contributed by atoms with Crippen molar-refractivity contribution in [1.82, 2.24) is 20.2 Å². The average molecular weight is 495 g/mol. The van der Waals surface area contributed by atoms with E-state index in [0.717, 1.165) is 33.5 Å². The van der Waals surface area contributed by atoms with Gasteiger partial charge in [-0.3, -0.25) is 9.59 Å². The van der Waals surface area contributed by atoms with E-state index in [2.05, 4.69) is 22.4 Å². The number of hydrogen-bond acceptors (Lipinski definition) is 7. The molecule has 0 spiro atoms. The highest BCUT2D eigenvalue weighted by Gasteiger charge is 2.27. The van der Waals surface area contributed by atoms with Crippen LogP contribution in [0.3, 0.4) is 0 Å². The monoisotopic (exact) mass is 494 g/mol. The molecule has 1 aromatic heterocycles. The molecule has 2 aromatic rings. The summed E-state index contributed by atoms with van der Waals surface area (Å²) in [5, 5.41) is 29.0. The molecule has 0 radical (unpaired) electrons. The summed E-state index contributed by atoms with van der Waals surface area (Å²) in [5.41, 5.74) is 0.678. The number of unbranched alkanes of at least 4 members (excludes halogenated alkanes) is 9. The van der Waals surface area contributed by atoms with Gasteiger partial charge in [-0.15, -0.1) is 16.9 Å². The Labute approximate surface area is 203 Å². The summed E-state index contributed by atoms with van der Waals surface area (Å²) in [5.74, 6) is -1.18. The number of carboxylic acids is 2. The quantitative estimate of drug-likeness (QED) is 0.199. The Morgan fingerprint density at radius 3 is 2.24 bits per heavy atom. The Kier molecular flexibility index (Phi) is 12.9. The highest BCUT2D eigenvalue weighted by molar-refractivity contribution is 8.00. The Balaban J connectivity index is 1.84. The van der Waals surface area contributed by atoms with Gasteiger partial charge >= 0.3 is 11.9 Å². The maximum absolute atomic E-state index is 12.0. The summed E-state index contributed by atoms with van der Waals surface area (Å²) in [4.78, 5) is 24.0. The Morgan fingerprint density at radius 1 is 0.970 bits per heavy atom. The fraction of sp³-hybridized carbons (Fsp3) is 0.609. The summed E-state index contributed by atoms with van der Waals surface area (Å²) in [6.07, 6.45) is 12.8. The maximum atomic E-state index is 12.0. The standard InChI is InChI=1S/C23H34N4O4S2/c1-2-3-4-5-6-7-8-9-10-13-16-32-19-15-12-11-14-18(19)21(22(30)31)33-23-24-25-26-27(23)17-20(28)29/h11-12,14-15,21H,2-10,13,16-17H2,1H3,(H,28,29)(H,30,31). The van der Waals surface area contributed by atoms with E-state index in [1.54, 1.807) is 17.8 Å². The van der Waals surface area contributed by atoms with Gasteiger partial charge in [0.2, 0.25) is 5.16 Å². The number of tetrazole rings is 1. The SMILES string of the molecule is CCCCCCCCCCCCSc1ccccc1C(Sc1nnnn1CC(=O)O)C(=O)O. The fourth-order valence-electron chi connectivity index (χ4n) is 3.46. The molecule has 8 nitrogen and oxygen atoms in total. The summed E-state index contributed by atoms with van der Waals surface area (Å²) in [6.45, 7) is 1.82. The molecule has 1 unspecified atom stereocenters. The van der Waals surface area contributed by atoms with E-state index < -0.39 is 23.7 Å². The first-order chi connectivity index (χ1) is 16.0. The molecule has 0 aliphatic rings. The van der Waals surface area contributed by atoms with Crippen molar-refractivity contribution in [3.8, 4) is 0 Å². The van der Waals surface area contributed by atoms with E-state index >= 15 is 0 Å². The minimum Gasteiger partial charge on any atom is -0.480 e. The van der Waals surface area contributed by atoms with Gasteiger partial charge in [-0.25, -0.2) is 4.68 Å².